The van der Waals surface area contributed by atoms with Gasteiger partial charge in [0.25, 0.3) is 0 Å². The minimum atomic E-state index is -0.749. The van der Waals surface area contributed by atoms with Crippen LogP contribution in [0.3, 0.4) is 0 Å². The zero-order valence-corrected chi connectivity index (χ0v) is 9.68. The first-order valence-electron chi connectivity index (χ1n) is 4.12. The van der Waals surface area contributed by atoms with Gasteiger partial charge in [-0.2, -0.15) is 0 Å². The first kappa shape index (κ1) is 14.6. The molecule has 0 unspecified atom stereocenters. The Bertz CT molecular complexity index is 109. The molecule has 0 radical (unpaired) electrons. The number of rotatable bonds is 6. The van der Waals surface area contributed by atoms with Crippen LogP contribution >= 0.6 is 24.0 Å². The monoisotopic (exact) mass is 290 g/mol. The van der Waals surface area contributed by atoms with Gasteiger partial charge < -0.3 is 0 Å². The van der Waals surface area contributed by atoms with Crippen molar-refractivity contribution in [3.05, 3.63) is 0 Å². The number of halogens is 2. The van der Waals surface area contributed by atoms with Crippen LogP contribution in [-0.4, -0.2) is 5.97 Å². The van der Waals surface area contributed by atoms with Crippen LogP contribution in [0.2, 0.25) is 0 Å². The standard InChI is InChI=1S/C8H15FO2.HI/c1-2-3-4-5-6-7-8(10)11-9;/h2-7H2,1H3;1H. The Kier molecular flexibility index (Phi) is 13.6. The fourth-order valence-corrected chi connectivity index (χ4v) is 0.911. The van der Waals surface area contributed by atoms with Gasteiger partial charge >= 0.3 is 5.97 Å². The number of hydrogen-bond acceptors (Lipinski definition) is 2. The lowest BCUT2D eigenvalue weighted by Crippen LogP contribution is -1.96. The maximum atomic E-state index is 11.1. The number of carbonyl (C=O) groups excluding carboxylic acids is 1. The molecule has 0 rings (SSSR count). The number of unbranched alkanes of at least 4 members (excludes halogenated alkanes) is 4. The SMILES string of the molecule is CCCCCCCC(=O)OF.I. The summed E-state index contributed by atoms with van der Waals surface area (Å²) in [5, 5.41) is 0. The van der Waals surface area contributed by atoms with E-state index in [1.807, 2.05) is 0 Å². The van der Waals surface area contributed by atoms with Crippen molar-refractivity contribution >= 4 is 29.9 Å². The lowest BCUT2D eigenvalue weighted by Gasteiger charge is -1.96. The lowest BCUT2D eigenvalue weighted by atomic mass is 10.1. The van der Waals surface area contributed by atoms with Crippen molar-refractivity contribution < 1.29 is 14.3 Å². The summed E-state index contributed by atoms with van der Waals surface area (Å²) in [6.45, 7) is 2.12. The fraction of sp³-hybridized carbons (Fsp3) is 0.875. The third kappa shape index (κ3) is 10.1. The maximum absolute atomic E-state index is 11.1. The van der Waals surface area contributed by atoms with Crippen molar-refractivity contribution in [1.29, 1.82) is 0 Å². The summed E-state index contributed by atoms with van der Waals surface area (Å²) in [6.07, 6.45) is 5.42. The molecule has 0 aromatic heterocycles. The van der Waals surface area contributed by atoms with Crippen LogP contribution in [0.1, 0.15) is 45.4 Å². The summed E-state index contributed by atoms with van der Waals surface area (Å²) in [5.41, 5.74) is 0. The summed E-state index contributed by atoms with van der Waals surface area (Å²) < 4.78 is 11.1. The Balaban J connectivity index is 0. The number of hydrogen-bond donors (Lipinski definition) is 0. The number of carbonyl (C=O) groups is 1. The van der Waals surface area contributed by atoms with E-state index in [0.29, 0.717) is 0 Å². The summed E-state index contributed by atoms with van der Waals surface area (Å²) >= 11 is 0. The molecule has 74 valence electrons. The van der Waals surface area contributed by atoms with Crippen LogP contribution in [0.25, 0.3) is 0 Å². The molecule has 0 saturated carbocycles. The van der Waals surface area contributed by atoms with E-state index in [2.05, 4.69) is 11.9 Å². The third-order valence-corrected chi connectivity index (χ3v) is 1.57. The Morgan fingerprint density at radius 3 is 2.33 bits per heavy atom. The van der Waals surface area contributed by atoms with Gasteiger partial charge in [0, 0.05) is 10.9 Å². The highest BCUT2D eigenvalue weighted by Gasteiger charge is 2.00. The Morgan fingerprint density at radius 1 is 1.25 bits per heavy atom. The highest BCUT2D eigenvalue weighted by atomic mass is 127. The van der Waals surface area contributed by atoms with Gasteiger partial charge in [-0.15, -0.1) is 24.0 Å². The molecular weight excluding hydrogens is 274 g/mol. The van der Waals surface area contributed by atoms with Crippen LogP contribution in [0.4, 0.5) is 4.53 Å². The smallest absolute Gasteiger partial charge is 0.255 e. The zero-order chi connectivity index (χ0) is 8.53. The van der Waals surface area contributed by atoms with E-state index in [0.717, 1.165) is 19.3 Å². The molecule has 0 aliphatic carbocycles. The normalized spacial score (nSPS) is 8.83. The molecule has 0 fully saturated rings. The molecule has 0 N–H and O–H groups in total. The van der Waals surface area contributed by atoms with E-state index in [1.54, 1.807) is 0 Å². The minimum absolute atomic E-state index is 0. The van der Waals surface area contributed by atoms with Crippen molar-refractivity contribution in [1.82, 2.24) is 0 Å². The van der Waals surface area contributed by atoms with Crippen molar-refractivity contribution in [3.63, 3.8) is 0 Å². The maximum Gasteiger partial charge on any atom is 0.348 e. The van der Waals surface area contributed by atoms with Crippen LogP contribution in [0.5, 0.6) is 0 Å². The van der Waals surface area contributed by atoms with Crippen LogP contribution < -0.4 is 0 Å². The van der Waals surface area contributed by atoms with Crippen molar-refractivity contribution in [2.75, 3.05) is 0 Å². The lowest BCUT2D eigenvalue weighted by molar-refractivity contribution is -0.183. The molecule has 0 spiro atoms. The Labute approximate surface area is 89.8 Å². The van der Waals surface area contributed by atoms with Crippen molar-refractivity contribution in [2.24, 2.45) is 0 Å². The van der Waals surface area contributed by atoms with E-state index in [4.69, 9.17) is 0 Å². The van der Waals surface area contributed by atoms with Gasteiger partial charge in [-0.3, -0.25) is 4.94 Å². The van der Waals surface area contributed by atoms with Crippen molar-refractivity contribution in [3.8, 4) is 0 Å². The average molecular weight is 290 g/mol. The predicted molar refractivity (Wildman–Crippen MR) is 56.0 cm³/mol. The van der Waals surface area contributed by atoms with Crippen LogP contribution in [0.15, 0.2) is 0 Å². The van der Waals surface area contributed by atoms with E-state index in [1.165, 1.54) is 12.8 Å². The van der Waals surface area contributed by atoms with Crippen LogP contribution in [0, 0.1) is 0 Å². The minimum Gasteiger partial charge on any atom is -0.255 e. The first-order valence-corrected chi connectivity index (χ1v) is 4.12. The quantitative estimate of drug-likeness (QED) is 0.553. The van der Waals surface area contributed by atoms with Gasteiger partial charge in [0.15, 0.2) is 0 Å². The van der Waals surface area contributed by atoms with E-state index in [-0.39, 0.29) is 30.4 Å². The van der Waals surface area contributed by atoms with Gasteiger partial charge in [0.1, 0.15) is 0 Å². The first-order chi connectivity index (χ1) is 5.31. The molecule has 0 saturated heterocycles. The molecule has 0 aliphatic rings. The molecule has 0 atom stereocenters. The Hall–Kier alpha value is 0.130. The summed E-state index contributed by atoms with van der Waals surface area (Å²) in [7, 11) is 0. The summed E-state index contributed by atoms with van der Waals surface area (Å²) in [6, 6.07) is 0. The molecule has 0 aliphatic heterocycles. The van der Waals surface area contributed by atoms with E-state index >= 15 is 0 Å². The molecule has 0 aromatic rings. The fourth-order valence-electron chi connectivity index (χ4n) is 0.911. The van der Waals surface area contributed by atoms with Gasteiger partial charge in [-0.05, 0) is 6.42 Å². The average Bonchev–Trinajstić information content (AvgIpc) is 2.04. The van der Waals surface area contributed by atoms with Crippen molar-refractivity contribution in [2.45, 2.75) is 45.4 Å². The van der Waals surface area contributed by atoms with Gasteiger partial charge in [-0.25, -0.2) is 4.79 Å². The highest BCUT2D eigenvalue weighted by Crippen LogP contribution is 2.05. The molecule has 12 heavy (non-hydrogen) atoms. The molecule has 0 amide bonds. The second-order valence-corrected chi connectivity index (χ2v) is 2.61. The Morgan fingerprint density at radius 2 is 1.83 bits per heavy atom. The highest BCUT2D eigenvalue weighted by molar-refractivity contribution is 14.0. The van der Waals surface area contributed by atoms with Gasteiger partial charge in [0.2, 0.25) is 0 Å². The summed E-state index contributed by atoms with van der Waals surface area (Å²) in [4.78, 5) is 13.3. The van der Waals surface area contributed by atoms with Gasteiger partial charge in [-0.1, -0.05) is 32.6 Å². The predicted octanol–water partition coefficient (Wildman–Crippen LogP) is 3.39. The van der Waals surface area contributed by atoms with E-state index < -0.39 is 5.97 Å². The molecule has 2 nitrogen and oxygen atoms in total. The summed E-state index contributed by atoms with van der Waals surface area (Å²) in [5.74, 6) is -0.749. The third-order valence-electron chi connectivity index (χ3n) is 1.57. The molecule has 0 bridgehead atoms. The molecule has 0 aromatic carbocycles. The topological polar surface area (TPSA) is 26.3 Å². The molecule has 0 heterocycles. The van der Waals surface area contributed by atoms with Crippen LogP contribution in [-0.2, 0) is 9.74 Å². The van der Waals surface area contributed by atoms with Gasteiger partial charge in [0.05, 0.1) is 0 Å². The zero-order valence-electron chi connectivity index (χ0n) is 7.35. The largest absolute Gasteiger partial charge is 0.348 e. The second-order valence-electron chi connectivity index (χ2n) is 2.61. The van der Waals surface area contributed by atoms with E-state index in [9.17, 15) is 9.32 Å². The second kappa shape index (κ2) is 11.1. The molecule has 4 heteroatoms. The molecular formula is C8H16FIO2.